The van der Waals surface area contributed by atoms with Gasteiger partial charge in [0.1, 0.15) is 42.1 Å². The molecule has 14 nitrogen and oxygen atoms in total. The standard InChI is InChI=1S/C45H52N6O8/c1-29(40(46)52)48-41(53)37(23-30-19-21-34(22-20-30)58-27-32-15-9-6-10-16-32)49-43(55)39(28-57-26-31-13-7-5-8-14-31)50-42(54)38(51-44(56)59-45(2,3)4)24-33-25-47-36-18-12-11-17-35(33)36/h5-22,25,29,37-39,47H,23-24,26-28H2,1-4H3,(H2,46,52)(H,48,53)(H,49,55)(H,50,54)(H,51,56)/t29-,37-,38+,39+/m1/s1. The monoisotopic (exact) mass is 804 g/mol. The van der Waals surface area contributed by atoms with E-state index < -0.39 is 59.5 Å². The highest BCUT2D eigenvalue weighted by molar-refractivity contribution is 5.95. The van der Waals surface area contributed by atoms with Crippen LogP contribution in [0.15, 0.2) is 115 Å². The fourth-order valence-electron chi connectivity index (χ4n) is 6.07. The van der Waals surface area contributed by atoms with E-state index in [9.17, 15) is 24.0 Å². The van der Waals surface area contributed by atoms with Gasteiger partial charge in [0.25, 0.3) is 0 Å². The van der Waals surface area contributed by atoms with Crippen molar-refractivity contribution in [1.82, 2.24) is 26.3 Å². The molecule has 14 heteroatoms. The predicted molar refractivity (Wildman–Crippen MR) is 223 cm³/mol. The number of aromatic nitrogens is 1. The topological polar surface area (TPSA) is 203 Å². The van der Waals surface area contributed by atoms with E-state index in [4.69, 9.17) is 19.9 Å². The molecule has 0 aliphatic rings. The second-order valence-electron chi connectivity index (χ2n) is 15.1. The molecule has 0 unspecified atom stereocenters. The fraction of sp³-hybridized carbons (Fsp3) is 0.311. The van der Waals surface area contributed by atoms with Crippen LogP contribution in [-0.4, -0.2) is 71.1 Å². The van der Waals surface area contributed by atoms with Crippen molar-refractivity contribution in [3.8, 4) is 5.75 Å². The molecule has 4 aromatic carbocycles. The van der Waals surface area contributed by atoms with Gasteiger partial charge in [0.05, 0.1) is 13.2 Å². The lowest BCUT2D eigenvalue weighted by atomic mass is 10.0. The Labute approximate surface area is 343 Å². The highest BCUT2D eigenvalue weighted by Crippen LogP contribution is 2.20. The molecule has 59 heavy (non-hydrogen) atoms. The van der Waals surface area contributed by atoms with Gasteiger partial charge in [-0.25, -0.2) is 4.79 Å². The number of fused-ring (bicyclic) bond motifs is 1. The second-order valence-corrected chi connectivity index (χ2v) is 15.1. The number of rotatable bonds is 19. The summed E-state index contributed by atoms with van der Waals surface area (Å²) < 4.78 is 17.4. The minimum absolute atomic E-state index is 0.0109. The fourth-order valence-corrected chi connectivity index (χ4v) is 6.07. The molecule has 1 aromatic heterocycles. The summed E-state index contributed by atoms with van der Waals surface area (Å²) in [6.07, 6.45) is 0.995. The van der Waals surface area contributed by atoms with Gasteiger partial charge in [0, 0.05) is 29.9 Å². The van der Waals surface area contributed by atoms with Crippen molar-refractivity contribution >= 4 is 40.6 Å². The Hall–Kier alpha value is -6.67. The minimum Gasteiger partial charge on any atom is -0.489 e. The molecule has 7 N–H and O–H groups in total. The van der Waals surface area contributed by atoms with Crippen molar-refractivity contribution in [3.63, 3.8) is 0 Å². The molecule has 310 valence electrons. The Morgan fingerprint density at radius 2 is 1.20 bits per heavy atom. The summed E-state index contributed by atoms with van der Waals surface area (Å²) in [5, 5.41) is 11.6. The molecule has 5 aromatic rings. The Morgan fingerprint density at radius 3 is 1.85 bits per heavy atom. The predicted octanol–water partition coefficient (Wildman–Crippen LogP) is 4.60. The number of amides is 5. The lowest BCUT2D eigenvalue weighted by Gasteiger charge is -2.27. The third kappa shape index (κ3) is 13.7. The summed E-state index contributed by atoms with van der Waals surface area (Å²) in [6, 6.07) is 28.8. The number of para-hydroxylation sites is 1. The number of carbonyl (C=O) groups is 5. The molecule has 5 rings (SSSR count). The first-order valence-corrected chi connectivity index (χ1v) is 19.4. The van der Waals surface area contributed by atoms with Crippen LogP contribution in [0.1, 0.15) is 49.9 Å². The zero-order valence-corrected chi connectivity index (χ0v) is 33.7. The van der Waals surface area contributed by atoms with Gasteiger partial charge in [0.15, 0.2) is 0 Å². The number of primary amides is 1. The number of hydrogen-bond donors (Lipinski definition) is 6. The van der Waals surface area contributed by atoms with Gasteiger partial charge in [-0.05, 0) is 68.1 Å². The summed E-state index contributed by atoms with van der Waals surface area (Å²) in [5.74, 6) is -2.27. The van der Waals surface area contributed by atoms with Gasteiger partial charge in [-0.1, -0.05) is 91.0 Å². The average molecular weight is 805 g/mol. The van der Waals surface area contributed by atoms with Gasteiger partial charge in [-0.3, -0.25) is 19.2 Å². The number of carbonyl (C=O) groups excluding carboxylic acids is 5. The number of ether oxygens (including phenoxy) is 3. The van der Waals surface area contributed by atoms with Gasteiger partial charge < -0.3 is 46.2 Å². The third-order valence-corrected chi connectivity index (χ3v) is 9.17. The molecule has 0 aliphatic carbocycles. The highest BCUT2D eigenvalue weighted by atomic mass is 16.6. The van der Waals surface area contributed by atoms with Crippen LogP contribution in [0.4, 0.5) is 4.79 Å². The van der Waals surface area contributed by atoms with E-state index >= 15 is 0 Å². The molecule has 0 saturated carbocycles. The average Bonchev–Trinajstić information content (AvgIpc) is 3.62. The van der Waals surface area contributed by atoms with Crippen molar-refractivity contribution in [2.24, 2.45) is 5.73 Å². The normalized spacial score (nSPS) is 13.3. The van der Waals surface area contributed by atoms with E-state index in [1.165, 1.54) is 6.92 Å². The summed E-state index contributed by atoms with van der Waals surface area (Å²) in [6.45, 7) is 6.74. The number of aromatic amines is 1. The van der Waals surface area contributed by atoms with Crippen LogP contribution in [0.3, 0.4) is 0 Å². The van der Waals surface area contributed by atoms with Crippen molar-refractivity contribution in [2.45, 2.75) is 83.5 Å². The van der Waals surface area contributed by atoms with Crippen LogP contribution in [0.25, 0.3) is 10.9 Å². The number of nitrogens with one attached hydrogen (secondary N) is 5. The maximum Gasteiger partial charge on any atom is 0.408 e. The van der Waals surface area contributed by atoms with Crippen LogP contribution < -0.4 is 31.7 Å². The molecular weight excluding hydrogens is 753 g/mol. The van der Waals surface area contributed by atoms with Gasteiger partial charge in [-0.2, -0.15) is 0 Å². The zero-order chi connectivity index (χ0) is 42.4. The largest absolute Gasteiger partial charge is 0.489 e. The Bertz CT molecular complexity index is 2170. The van der Waals surface area contributed by atoms with Gasteiger partial charge >= 0.3 is 6.09 Å². The first-order valence-electron chi connectivity index (χ1n) is 19.4. The minimum atomic E-state index is -1.34. The molecule has 5 amide bonds. The van der Waals surface area contributed by atoms with Crippen LogP contribution >= 0.6 is 0 Å². The molecule has 0 fully saturated rings. The van der Waals surface area contributed by atoms with Crippen LogP contribution in [0.5, 0.6) is 5.75 Å². The SMILES string of the molecule is C[C@@H](NC(=O)[C@@H](Cc1ccc(OCc2ccccc2)cc1)NC(=O)[C@H](COCc1ccccc1)NC(=O)[C@H](Cc1c[nH]c2ccccc12)NC(=O)OC(C)(C)C)C(N)=O. The van der Waals surface area contributed by atoms with Crippen LogP contribution in [-0.2, 0) is 54.7 Å². The quantitative estimate of drug-likeness (QED) is 0.0695. The van der Waals surface area contributed by atoms with E-state index in [0.29, 0.717) is 17.9 Å². The number of benzene rings is 4. The van der Waals surface area contributed by atoms with Crippen molar-refractivity contribution < 1.29 is 38.2 Å². The van der Waals surface area contributed by atoms with Crippen LogP contribution in [0.2, 0.25) is 0 Å². The molecule has 0 radical (unpaired) electrons. The summed E-state index contributed by atoms with van der Waals surface area (Å²) in [7, 11) is 0. The smallest absolute Gasteiger partial charge is 0.408 e. The van der Waals surface area contributed by atoms with Crippen molar-refractivity contribution in [3.05, 3.63) is 138 Å². The van der Waals surface area contributed by atoms with Crippen LogP contribution in [0, 0.1) is 0 Å². The number of hydrogen-bond acceptors (Lipinski definition) is 8. The Morgan fingerprint density at radius 1 is 0.644 bits per heavy atom. The summed E-state index contributed by atoms with van der Waals surface area (Å²) in [5.41, 5.74) is 8.68. The zero-order valence-electron chi connectivity index (χ0n) is 33.7. The molecular formula is C45H52N6O8. The first-order chi connectivity index (χ1) is 28.2. The van der Waals surface area contributed by atoms with E-state index in [2.05, 4.69) is 26.3 Å². The number of nitrogens with two attached hydrogens (primary N) is 1. The molecule has 0 bridgehead atoms. The van der Waals surface area contributed by atoms with Crippen molar-refractivity contribution in [2.75, 3.05) is 6.61 Å². The van der Waals surface area contributed by atoms with Crippen molar-refractivity contribution in [1.29, 1.82) is 0 Å². The van der Waals surface area contributed by atoms with E-state index in [1.54, 1.807) is 51.2 Å². The molecule has 1 heterocycles. The Kier molecular flexibility index (Phi) is 15.2. The third-order valence-electron chi connectivity index (χ3n) is 9.17. The van der Waals surface area contributed by atoms with Gasteiger partial charge in [0.2, 0.25) is 23.6 Å². The summed E-state index contributed by atoms with van der Waals surface area (Å²) in [4.78, 5) is 70.2. The molecule has 0 spiro atoms. The highest BCUT2D eigenvalue weighted by Gasteiger charge is 2.32. The second kappa shape index (κ2) is 20.7. The maximum absolute atomic E-state index is 14.2. The lowest BCUT2D eigenvalue weighted by Crippen LogP contribution is -2.59. The molecule has 4 atom stereocenters. The number of H-pyrrole nitrogens is 1. The van der Waals surface area contributed by atoms with Gasteiger partial charge in [-0.15, -0.1) is 0 Å². The van der Waals surface area contributed by atoms with E-state index in [-0.39, 0.29) is 26.1 Å². The molecule has 0 aliphatic heterocycles. The number of alkyl carbamates (subject to hydrolysis) is 1. The first kappa shape index (κ1) is 43.5. The molecule has 0 saturated heterocycles. The lowest BCUT2D eigenvalue weighted by molar-refractivity contribution is -0.134. The summed E-state index contributed by atoms with van der Waals surface area (Å²) >= 11 is 0. The van der Waals surface area contributed by atoms with E-state index in [0.717, 1.165) is 27.6 Å². The Balaban J connectivity index is 1.37. The maximum atomic E-state index is 14.2. The van der Waals surface area contributed by atoms with E-state index in [1.807, 2.05) is 84.9 Å².